The first kappa shape index (κ1) is 25.4. The predicted molar refractivity (Wildman–Crippen MR) is 132 cm³/mol. The number of ether oxygens (including phenoxy) is 1. The Morgan fingerprint density at radius 3 is 2.09 bits per heavy atom. The Labute approximate surface area is 192 Å². The van der Waals surface area contributed by atoms with Crippen LogP contribution in [0.4, 0.5) is 5.69 Å². The average molecular weight is 456 g/mol. The summed E-state index contributed by atoms with van der Waals surface area (Å²) in [5.74, 6) is -0.0523. The van der Waals surface area contributed by atoms with Crippen molar-refractivity contribution in [1.29, 1.82) is 0 Å². The third-order valence-corrected chi connectivity index (χ3v) is 7.25. The highest BCUT2D eigenvalue weighted by Crippen LogP contribution is 2.19. The van der Waals surface area contributed by atoms with Crippen molar-refractivity contribution in [3.63, 3.8) is 0 Å². The Bertz CT molecular complexity index is 1040. The molecular weight excluding hydrogens is 422 g/mol. The van der Waals surface area contributed by atoms with Gasteiger partial charge in [-0.3, -0.25) is 0 Å². The number of hydrogen-bond acceptors (Lipinski definition) is 5. The molecule has 1 atom stereocenters. The Morgan fingerprint density at radius 2 is 1.59 bits per heavy atom. The highest BCUT2D eigenvalue weighted by molar-refractivity contribution is 7.91. The molecule has 172 valence electrons. The van der Waals surface area contributed by atoms with Gasteiger partial charge in [-0.15, -0.1) is 0 Å². The first-order chi connectivity index (χ1) is 15.1. The second kappa shape index (κ2) is 11.7. The maximum absolute atomic E-state index is 12.5. The van der Waals surface area contributed by atoms with Crippen molar-refractivity contribution >= 4 is 33.6 Å². The van der Waals surface area contributed by atoms with Gasteiger partial charge in [0.15, 0.2) is 9.84 Å². The molecule has 0 N–H and O–H groups in total. The summed E-state index contributed by atoms with van der Waals surface area (Å²) in [4.78, 5) is 13.8. The number of carbonyl (C=O) groups excluding carboxylic acids is 1. The molecule has 0 spiro atoms. The van der Waals surface area contributed by atoms with Crippen LogP contribution < -0.4 is 4.90 Å². The standard InChI is InChI=1S/C26H33NO4S/c1-6-21(4)19-32(29,30)25-15-11-23(12-16-25)8-7-22-9-13-24(14-10-22)27(5)17-18-31-26(28)20(2)3/h7-16,21H,2,6,17-19H2,1,3-5H3/t21-/m1/s1. The van der Waals surface area contributed by atoms with E-state index in [1.165, 1.54) is 0 Å². The minimum absolute atomic E-state index is 0.146. The molecule has 0 fully saturated rings. The Balaban J connectivity index is 1.95. The fourth-order valence-corrected chi connectivity index (χ4v) is 4.66. The normalized spacial score (nSPS) is 12.5. The van der Waals surface area contributed by atoms with Gasteiger partial charge in [0.05, 0.1) is 17.2 Å². The van der Waals surface area contributed by atoms with Gasteiger partial charge in [0.25, 0.3) is 0 Å². The van der Waals surface area contributed by atoms with E-state index in [0.29, 0.717) is 23.6 Å². The second-order valence-corrected chi connectivity index (χ2v) is 10.2. The van der Waals surface area contributed by atoms with E-state index in [1.807, 2.05) is 74.3 Å². The lowest BCUT2D eigenvalue weighted by Gasteiger charge is -2.19. The quantitative estimate of drug-likeness (QED) is 0.264. The van der Waals surface area contributed by atoms with Gasteiger partial charge in [-0.2, -0.15) is 0 Å². The van der Waals surface area contributed by atoms with Gasteiger partial charge in [-0.25, -0.2) is 13.2 Å². The molecule has 5 nitrogen and oxygen atoms in total. The molecule has 0 heterocycles. The second-order valence-electron chi connectivity index (χ2n) is 8.13. The van der Waals surface area contributed by atoms with Crippen molar-refractivity contribution in [2.75, 3.05) is 30.9 Å². The van der Waals surface area contributed by atoms with E-state index in [2.05, 4.69) is 6.58 Å². The minimum Gasteiger partial charge on any atom is -0.460 e. The highest BCUT2D eigenvalue weighted by atomic mass is 32.2. The molecule has 0 saturated heterocycles. The van der Waals surface area contributed by atoms with Gasteiger partial charge in [-0.05, 0) is 48.2 Å². The molecule has 6 heteroatoms. The molecular formula is C26H33NO4S. The Hall–Kier alpha value is -2.86. The summed E-state index contributed by atoms with van der Waals surface area (Å²) >= 11 is 0. The lowest BCUT2D eigenvalue weighted by Crippen LogP contribution is -2.23. The topological polar surface area (TPSA) is 63.7 Å². The molecule has 2 aromatic rings. The lowest BCUT2D eigenvalue weighted by atomic mass is 10.1. The molecule has 0 unspecified atom stereocenters. The Kier molecular flexibility index (Phi) is 9.27. The van der Waals surface area contributed by atoms with Crippen LogP contribution in [0.3, 0.4) is 0 Å². The fourth-order valence-electron chi connectivity index (χ4n) is 2.93. The maximum Gasteiger partial charge on any atom is 0.333 e. The van der Waals surface area contributed by atoms with Gasteiger partial charge in [0.1, 0.15) is 6.61 Å². The molecule has 0 aliphatic carbocycles. The third kappa shape index (κ3) is 7.68. The number of benzene rings is 2. The zero-order valence-corrected chi connectivity index (χ0v) is 20.2. The number of anilines is 1. The van der Waals surface area contributed by atoms with Crippen LogP contribution in [0.1, 0.15) is 38.3 Å². The summed E-state index contributed by atoms with van der Waals surface area (Å²) in [6.45, 7) is 10.0. The van der Waals surface area contributed by atoms with Gasteiger partial charge < -0.3 is 9.64 Å². The number of hydrogen-bond donors (Lipinski definition) is 0. The van der Waals surface area contributed by atoms with Gasteiger partial charge in [0, 0.05) is 18.3 Å². The molecule has 0 aliphatic heterocycles. The molecule has 0 amide bonds. The number of rotatable bonds is 11. The summed E-state index contributed by atoms with van der Waals surface area (Å²) in [5, 5.41) is 0. The van der Waals surface area contributed by atoms with Crippen LogP contribution >= 0.6 is 0 Å². The molecule has 0 radical (unpaired) electrons. The van der Waals surface area contributed by atoms with Crippen molar-refractivity contribution in [3.8, 4) is 0 Å². The molecule has 32 heavy (non-hydrogen) atoms. The summed E-state index contributed by atoms with van der Waals surface area (Å²) < 4.78 is 30.0. The summed E-state index contributed by atoms with van der Waals surface area (Å²) in [6.07, 6.45) is 4.79. The van der Waals surface area contributed by atoms with E-state index in [9.17, 15) is 13.2 Å². The molecule has 0 saturated carbocycles. The van der Waals surface area contributed by atoms with Crippen molar-refractivity contribution in [3.05, 3.63) is 71.8 Å². The van der Waals surface area contributed by atoms with Crippen LogP contribution in [0.15, 0.2) is 65.6 Å². The third-order valence-electron chi connectivity index (χ3n) is 5.25. The van der Waals surface area contributed by atoms with Crippen molar-refractivity contribution in [2.45, 2.75) is 32.1 Å². The van der Waals surface area contributed by atoms with E-state index in [4.69, 9.17) is 4.74 Å². The molecule has 0 aromatic heterocycles. The van der Waals surface area contributed by atoms with Gasteiger partial charge >= 0.3 is 5.97 Å². The first-order valence-corrected chi connectivity index (χ1v) is 12.4. The largest absolute Gasteiger partial charge is 0.460 e. The first-order valence-electron chi connectivity index (χ1n) is 10.8. The number of nitrogens with zero attached hydrogens (tertiary/aromatic N) is 1. The number of carbonyl (C=O) groups is 1. The van der Waals surface area contributed by atoms with Crippen LogP contribution in [0.25, 0.3) is 12.2 Å². The van der Waals surface area contributed by atoms with Gasteiger partial charge in [-0.1, -0.05) is 63.3 Å². The fraction of sp³-hybridized carbons (Fsp3) is 0.346. The lowest BCUT2D eigenvalue weighted by molar-refractivity contribution is -0.138. The van der Waals surface area contributed by atoms with Crippen LogP contribution in [0.2, 0.25) is 0 Å². The van der Waals surface area contributed by atoms with Crippen molar-refractivity contribution in [1.82, 2.24) is 0 Å². The molecule has 2 aromatic carbocycles. The average Bonchev–Trinajstić information content (AvgIpc) is 2.77. The van der Waals surface area contributed by atoms with E-state index in [0.717, 1.165) is 23.2 Å². The highest BCUT2D eigenvalue weighted by Gasteiger charge is 2.17. The van der Waals surface area contributed by atoms with Crippen LogP contribution in [0, 0.1) is 5.92 Å². The smallest absolute Gasteiger partial charge is 0.333 e. The van der Waals surface area contributed by atoms with Crippen LogP contribution in [0.5, 0.6) is 0 Å². The maximum atomic E-state index is 12.5. The molecule has 2 rings (SSSR count). The summed E-state index contributed by atoms with van der Waals surface area (Å²) in [5.41, 5.74) is 3.38. The van der Waals surface area contributed by atoms with E-state index < -0.39 is 9.84 Å². The zero-order valence-electron chi connectivity index (χ0n) is 19.4. The van der Waals surface area contributed by atoms with Gasteiger partial charge in [0.2, 0.25) is 0 Å². The van der Waals surface area contributed by atoms with E-state index in [1.54, 1.807) is 19.1 Å². The molecule has 0 aliphatic rings. The molecule has 0 bridgehead atoms. The number of likely N-dealkylation sites (N-methyl/N-ethyl adjacent to an activating group) is 1. The number of esters is 1. The number of sulfone groups is 1. The Morgan fingerprint density at radius 1 is 1.06 bits per heavy atom. The summed E-state index contributed by atoms with van der Waals surface area (Å²) in [6, 6.07) is 15.0. The van der Waals surface area contributed by atoms with Crippen molar-refractivity contribution in [2.24, 2.45) is 5.92 Å². The summed E-state index contributed by atoms with van der Waals surface area (Å²) in [7, 11) is -1.30. The monoisotopic (exact) mass is 455 g/mol. The van der Waals surface area contributed by atoms with E-state index in [-0.39, 0.29) is 17.6 Å². The zero-order chi connectivity index (χ0) is 23.7. The van der Waals surface area contributed by atoms with Crippen molar-refractivity contribution < 1.29 is 17.9 Å². The van der Waals surface area contributed by atoms with Crippen LogP contribution in [-0.4, -0.2) is 40.3 Å². The van der Waals surface area contributed by atoms with Crippen LogP contribution in [-0.2, 0) is 19.4 Å². The SMILES string of the molecule is C=C(C)C(=O)OCCN(C)c1ccc(C=Cc2ccc(S(=O)(=O)C[C@H](C)CC)cc2)cc1. The predicted octanol–water partition coefficient (Wildman–Crippen LogP) is 5.23. The minimum atomic E-state index is -3.25. The van der Waals surface area contributed by atoms with E-state index >= 15 is 0 Å².